The van der Waals surface area contributed by atoms with Gasteiger partial charge < -0.3 is 10.5 Å². The Kier molecular flexibility index (Phi) is 3.23. The van der Waals surface area contributed by atoms with E-state index in [1.807, 2.05) is 0 Å². The molecule has 0 radical (unpaired) electrons. The molecular formula is C14H12FN5O. The fraction of sp³-hybridized carbons (Fsp3) is 0.0714. The van der Waals surface area contributed by atoms with Crippen LogP contribution < -0.4 is 10.5 Å². The molecule has 7 heteroatoms. The number of rotatable bonds is 3. The summed E-state index contributed by atoms with van der Waals surface area (Å²) >= 11 is 0. The molecule has 3 rings (SSSR count). The summed E-state index contributed by atoms with van der Waals surface area (Å²) < 4.78 is 20.1. The van der Waals surface area contributed by atoms with Crippen molar-refractivity contribution in [1.29, 1.82) is 0 Å². The summed E-state index contributed by atoms with van der Waals surface area (Å²) in [5.74, 6) is 0.623. The lowest BCUT2D eigenvalue weighted by Crippen LogP contribution is -2.01. The minimum absolute atomic E-state index is 0.363. The van der Waals surface area contributed by atoms with Gasteiger partial charge in [-0.15, -0.1) is 5.10 Å². The van der Waals surface area contributed by atoms with E-state index in [0.29, 0.717) is 28.5 Å². The van der Waals surface area contributed by atoms with Gasteiger partial charge in [0, 0.05) is 11.8 Å². The molecule has 0 unspecified atom stereocenters. The van der Waals surface area contributed by atoms with Gasteiger partial charge >= 0.3 is 0 Å². The lowest BCUT2D eigenvalue weighted by molar-refractivity contribution is 0.416. The molecular weight excluding hydrogens is 273 g/mol. The number of aromatic nitrogens is 4. The van der Waals surface area contributed by atoms with Gasteiger partial charge in [0.15, 0.2) is 5.82 Å². The zero-order chi connectivity index (χ0) is 14.8. The Bertz CT molecular complexity index is 787. The fourth-order valence-electron chi connectivity index (χ4n) is 2.03. The number of methoxy groups -OCH3 is 1. The number of benzene rings is 2. The number of nitrogen functional groups attached to an aromatic ring is 1. The number of hydrogen-bond donors (Lipinski definition) is 1. The Labute approximate surface area is 120 Å². The van der Waals surface area contributed by atoms with Crippen LogP contribution in [0.2, 0.25) is 0 Å². The summed E-state index contributed by atoms with van der Waals surface area (Å²) in [5, 5.41) is 11.5. The summed E-state index contributed by atoms with van der Waals surface area (Å²) in [6.45, 7) is 0. The lowest BCUT2D eigenvalue weighted by Gasteiger charge is -2.09. The second kappa shape index (κ2) is 5.20. The first-order valence-corrected chi connectivity index (χ1v) is 6.17. The van der Waals surface area contributed by atoms with Gasteiger partial charge in [0.1, 0.15) is 11.6 Å². The third-order valence-electron chi connectivity index (χ3n) is 2.99. The van der Waals surface area contributed by atoms with E-state index in [9.17, 15) is 4.39 Å². The van der Waals surface area contributed by atoms with Gasteiger partial charge in [-0.25, -0.2) is 4.39 Å². The summed E-state index contributed by atoms with van der Waals surface area (Å²) in [7, 11) is 1.54. The average Bonchev–Trinajstić information content (AvgIpc) is 2.96. The summed E-state index contributed by atoms with van der Waals surface area (Å²) in [6.07, 6.45) is 0. The highest BCUT2D eigenvalue weighted by Gasteiger charge is 2.15. The molecule has 0 aliphatic rings. The predicted molar refractivity (Wildman–Crippen MR) is 75.5 cm³/mol. The molecule has 106 valence electrons. The molecule has 2 aromatic carbocycles. The predicted octanol–water partition coefficient (Wildman–Crippen LogP) is 2.06. The number of hydrogen-bond acceptors (Lipinski definition) is 5. The van der Waals surface area contributed by atoms with Gasteiger partial charge in [-0.05, 0) is 40.8 Å². The Morgan fingerprint density at radius 2 is 2.05 bits per heavy atom. The molecule has 2 N–H and O–H groups in total. The normalized spacial score (nSPS) is 10.6. The van der Waals surface area contributed by atoms with Crippen molar-refractivity contribution in [2.24, 2.45) is 0 Å². The standard InChI is InChI=1S/C14H12FN5O/c1-21-13-8-10(16)5-6-12(13)14-17-18-19-20(14)11-4-2-3-9(15)7-11/h2-8H,16H2,1H3. The van der Waals surface area contributed by atoms with Crippen molar-refractivity contribution in [3.05, 3.63) is 48.3 Å². The second-order valence-corrected chi connectivity index (χ2v) is 4.35. The molecule has 0 saturated heterocycles. The molecule has 0 atom stereocenters. The third kappa shape index (κ3) is 2.40. The van der Waals surface area contributed by atoms with Crippen LogP contribution in [0.15, 0.2) is 42.5 Å². The van der Waals surface area contributed by atoms with E-state index in [-0.39, 0.29) is 5.82 Å². The minimum atomic E-state index is -0.363. The maximum atomic E-state index is 13.4. The number of halogens is 1. The SMILES string of the molecule is COc1cc(N)ccc1-c1nnnn1-c1cccc(F)c1. The van der Waals surface area contributed by atoms with Crippen LogP contribution in [0.5, 0.6) is 5.75 Å². The molecule has 0 amide bonds. The summed E-state index contributed by atoms with van der Waals surface area (Å²) in [5.41, 5.74) is 7.50. The first kappa shape index (κ1) is 13.0. The number of tetrazole rings is 1. The van der Waals surface area contributed by atoms with Crippen LogP contribution in [-0.2, 0) is 0 Å². The first-order chi connectivity index (χ1) is 10.2. The zero-order valence-electron chi connectivity index (χ0n) is 11.2. The number of anilines is 1. The van der Waals surface area contributed by atoms with E-state index in [4.69, 9.17) is 10.5 Å². The molecule has 0 fully saturated rings. The largest absolute Gasteiger partial charge is 0.496 e. The Balaban J connectivity index is 2.16. The van der Waals surface area contributed by atoms with Crippen LogP contribution in [-0.4, -0.2) is 27.3 Å². The maximum Gasteiger partial charge on any atom is 0.190 e. The Hall–Kier alpha value is -2.96. The van der Waals surface area contributed by atoms with E-state index in [1.54, 1.807) is 30.3 Å². The molecule has 0 saturated carbocycles. The van der Waals surface area contributed by atoms with E-state index in [2.05, 4.69) is 15.5 Å². The lowest BCUT2D eigenvalue weighted by atomic mass is 10.1. The smallest absolute Gasteiger partial charge is 0.190 e. The number of nitrogens with zero attached hydrogens (tertiary/aromatic N) is 4. The Morgan fingerprint density at radius 1 is 1.19 bits per heavy atom. The second-order valence-electron chi connectivity index (χ2n) is 4.35. The van der Waals surface area contributed by atoms with Crippen LogP contribution >= 0.6 is 0 Å². The quantitative estimate of drug-likeness (QED) is 0.745. The molecule has 3 aromatic rings. The molecule has 6 nitrogen and oxygen atoms in total. The van der Waals surface area contributed by atoms with Crippen LogP contribution in [0.25, 0.3) is 17.1 Å². The molecule has 21 heavy (non-hydrogen) atoms. The Morgan fingerprint density at radius 3 is 2.81 bits per heavy atom. The van der Waals surface area contributed by atoms with Crippen LogP contribution in [0, 0.1) is 5.82 Å². The van der Waals surface area contributed by atoms with Gasteiger partial charge in [0.05, 0.1) is 18.4 Å². The minimum Gasteiger partial charge on any atom is -0.496 e. The maximum absolute atomic E-state index is 13.4. The topological polar surface area (TPSA) is 78.8 Å². The molecule has 0 spiro atoms. The molecule has 0 bridgehead atoms. The highest BCUT2D eigenvalue weighted by atomic mass is 19.1. The van der Waals surface area contributed by atoms with Crippen LogP contribution in [0.4, 0.5) is 10.1 Å². The third-order valence-corrected chi connectivity index (χ3v) is 2.99. The molecule has 1 heterocycles. The molecule has 1 aromatic heterocycles. The van der Waals surface area contributed by atoms with Crippen molar-refractivity contribution in [1.82, 2.24) is 20.2 Å². The first-order valence-electron chi connectivity index (χ1n) is 6.17. The van der Waals surface area contributed by atoms with Crippen molar-refractivity contribution in [2.45, 2.75) is 0 Å². The summed E-state index contributed by atoms with van der Waals surface area (Å²) in [6, 6.07) is 11.2. The van der Waals surface area contributed by atoms with E-state index >= 15 is 0 Å². The van der Waals surface area contributed by atoms with Gasteiger partial charge in [0.2, 0.25) is 0 Å². The van der Waals surface area contributed by atoms with Gasteiger partial charge in [0.25, 0.3) is 0 Å². The van der Waals surface area contributed by atoms with E-state index in [0.717, 1.165) is 0 Å². The van der Waals surface area contributed by atoms with Gasteiger partial charge in [-0.2, -0.15) is 4.68 Å². The fourth-order valence-corrected chi connectivity index (χ4v) is 2.03. The van der Waals surface area contributed by atoms with Crippen molar-refractivity contribution < 1.29 is 9.13 Å². The highest BCUT2D eigenvalue weighted by Crippen LogP contribution is 2.31. The van der Waals surface area contributed by atoms with Crippen LogP contribution in [0.1, 0.15) is 0 Å². The zero-order valence-corrected chi connectivity index (χ0v) is 11.2. The number of nitrogens with two attached hydrogens (primary N) is 1. The van der Waals surface area contributed by atoms with Crippen molar-refractivity contribution in [2.75, 3.05) is 12.8 Å². The molecule has 0 aliphatic carbocycles. The number of ether oxygens (including phenoxy) is 1. The van der Waals surface area contributed by atoms with Gasteiger partial charge in [-0.3, -0.25) is 0 Å². The highest BCUT2D eigenvalue weighted by molar-refractivity contribution is 5.68. The van der Waals surface area contributed by atoms with E-state index in [1.165, 1.54) is 23.9 Å². The summed E-state index contributed by atoms with van der Waals surface area (Å²) in [4.78, 5) is 0. The van der Waals surface area contributed by atoms with Crippen molar-refractivity contribution in [3.8, 4) is 22.8 Å². The average molecular weight is 285 g/mol. The van der Waals surface area contributed by atoms with Crippen molar-refractivity contribution >= 4 is 5.69 Å². The van der Waals surface area contributed by atoms with Gasteiger partial charge in [-0.1, -0.05) is 6.07 Å². The van der Waals surface area contributed by atoms with Crippen LogP contribution in [0.3, 0.4) is 0 Å². The monoisotopic (exact) mass is 285 g/mol. The van der Waals surface area contributed by atoms with Crippen molar-refractivity contribution in [3.63, 3.8) is 0 Å². The van der Waals surface area contributed by atoms with E-state index < -0.39 is 0 Å². The molecule has 0 aliphatic heterocycles.